The second-order valence-corrected chi connectivity index (χ2v) is 24.8. The summed E-state index contributed by atoms with van der Waals surface area (Å²) in [7, 11) is 0. The fraction of sp³-hybridized carbons (Fsp3) is 0. The van der Waals surface area contributed by atoms with Crippen LogP contribution in [0.1, 0.15) is 0 Å². The first-order valence-corrected chi connectivity index (χ1v) is 33.8. The van der Waals surface area contributed by atoms with Crippen LogP contribution in [0.5, 0.6) is 0 Å². The Labute approximate surface area is 633 Å². The van der Waals surface area contributed by atoms with Crippen molar-refractivity contribution in [2.75, 3.05) is 0 Å². The van der Waals surface area contributed by atoms with Gasteiger partial charge in [-0.05, 0) is 163 Å². The molecule has 104 heavy (non-hydrogen) atoms. The maximum atomic E-state index is 5.16. The zero-order valence-electron chi connectivity index (χ0n) is 55.8. The maximum absolute atomic E-state index is 5.16. The van der Waals surface area contributed by atoms with E-state index >= 15 is 0 Å². The second kappa shape index (κ2) is 30.8. The summed E-state index contributed by atoms with van der Waals surface area (Å²) in [5.41, 5.74) is 31.1. The summed E-state index contributed by atoms with van der Waals surface area (Å²) in [6.45, 7) is 0. The van der Waals surface area contributed by atoms with Crippen molar-refractivity contribution in [1.29, 1.82) is 0 Å². The first-order chi connectivity index (χ1) is 50.6. The number of rotatable bonds is 16. The van der Waals surface area contributed by atoms with Gasteiger partial charge in [0, 0.05) is 24.8 Å². The SMILES string of the molecule is [Ir+3].[Ir+3].[c-]1cc(-c2ccccc2-c2cc(-c3ccccc3-c3c[c-]c(-c4ccccn4)cc3)cc(-c3cccc(-c4cc(-c5ccccc5-c5c[c-]c(-c6ccccn6)cc5)cc(-c5ccccc5-c5c[c-]c(-c6ccccn6)cc5)c4)c3-c3c[c-]c(-c4[c-]cccn4)nc3)c2)ccc1-c1ccccn1. The Morgan fingerprint density at radius 1 is 0.192 bits per heavy atom. The summed E-state index contributed by atoms with van der Waals surface area (Å²) in [4.78, 5) is 28.4. The third-order valence-corrected chi connectivity index (χ3v) is 18.6. The molecule has 6 nitrogen and oxygen atoms in total. The normalized spacial score (nSPS) is 10.9. The molecular formula is C96H58Ir2N6. The Balaban J connectivity index is 0.00000435. The van der Waals surface area contributed by atoms with Crippen LogP contribution in [-0.4, -0.2) is 29.9 Å². The molecule has 17 rings (SSSR count). The van der Waals surface area contributed by atoms with Gasteiger partial charge in [0.2, 0.25) is 0 Å². The molecule has 0 radical (unpaired) electrons. The minimum atomic E-state index is 0. The van der Waals surface area contributed by atoms with E-state index in [9.17, 15) is 0 Å². The van der Waals surface area contributed by atoms with Gasteiger partial charge in [-0.2, -0.15) is 12.1 Å². The molecule has 0 aliphatic rings. The number of hydrogen-bond donors (Lipinski definition) is 0. The smallest absolute Gasteiger partial charge is 0.357 e. The number of pyridine rings is 6. The van der Waals surface area contributed by atoms with Gasteiger partial charge in [-0.3, -0.25) is 0 Å². The van der Waals surface area contributed by atoms with E-state index in [1.54, 1.807) is 6.20 Å². The van der Waals surface area contributed by atoms with Gasteiger partial charge in [-0.15, -0.1) is 137 Å². The van der Waals surface area contributed by atoms with E-state index in [0.29, 0.717) is 11.4 Å². The van der Waals surface area contributed by atoms with Gasteiger partial charge in [-0.1, -0.05) is 219 Å². The van der Waals surface area contributed by atoms with E-state index in [0.717, 1.165) is 167 Å². The molecule has 0 fully saturated rings. The number of hydrogen-bond acceptors (Lipinski definition) is 6. The molecule has 0 saturated heterocycles. The van der Waals surface area contributed by atoms with Crippen molar-refractivity contribution >= 4 is 0 Å². The molecule has 0 spiro atoms. The van der Waals surface area contributed by atoms with Crippen LogP contribution in [0, 0.1) is 36.4 Å². The first-order valence-electron chi connectivity index (χ1n) is 33.8. The summed E-state index contributed by atoms with van der Waals surface area (Å²) >= 11 is 0. The summed E-state index contributed by atoms with van der Waals surface area (Å²) in [6, 6.07) is 132. The van der Waals surface area contributed by atoms with E-state index in [4.69, 9.17) is 4.98 Å². The number of aromatic nitrogens is 6. The third-order valence-electron chi connectivity index (χ3n) is 18.6. The molecule has 6 heterocycles. The molecule has 8 heteroatoms. The minimum Gasteiger partial charge on any atom is -0.357 e. The molecule has 0 amide bonds. The average Bonchev–Trinajstić information content (AvgIpc) is 0.753. The summed E-state index contributed by atoms with van der Waals surface area (Å²) in [6.07, 6.45) is 11.0. The van der Waals surface area contributed by atoms with Gasteiger partial charge in [0.05, 0.1) is 0 Å². The minimum absolute atomic E-state index is 0. The van der Waals surface area contributed by atoms with Crippen molar-refractivity contribution in [3.05, 3.63) is 389 Å². The van der Waals surface area contributed by atoms with E-state index in [1.807, 2.05) is 116 Å². The number of benzene rings is 11. The molecule has 0 aliphatic heterocycles. The van der Waals surface area contributed by atoms with Crippen molar-refractivity contribution in [3.8, 4) is 179 Å². The Morgan fingerprint density at radius 3 is 0.721 bits per heavy atom. The molecule has 11 aromatic carbocycles. The Kier molecular flexibility index (Phi) is 20.0. The molecule has 6 aromatic heterocycles. The fourth-order valence-corrected chi connectivity index (χ4v) is 13.6. The van der Waals surface area contributed by atoms with E-state index < -0.39 is 0 Å². The van der Waals surface area contributed by atoms with E-state index in [1.165, 1.54) is 0 Å². The van der Waals surface area contributed by atoms with Gasteiger partial charge in [0.15, 0.2) is 0 Å². The number of nitrogens with zero attached hydrogens (tertiary/aromatic N) is 6. The Morgan fingerprint density at radius 2 is 0.462 bits per heavy atom. The molecular weight excluding hydrogens is 1620 g/mol. The van der Waals surface area contributed by atoms with Crippen molar-refractivity contribution in [1.82, 2.24) is 29.9 Å². The second-order valence-electron chi connectivity index (χ2n) is 24.8. The van der Waals surface area contributed by atoms with Gasteiger partial charge in [-0.25, -0.2) is 12.1 Å². The summed E-state index contributed by atoms with van der Waals surface area (Å²) in [5, 5.41) is 0. The standard InChI is InChI=1S/C96H58N6.2Ir/c1-5-24-84(80(20-1)65-35-43-69(44-36-65)90-30-9-14-53-97-90)74-58-75(85-25-6-2-21-81(85)66-37-45-70(46-38-66)91-31-10-15-54-98-91)61-78(60-74)88-28-19-29-89(96(88)73-51-52-95(102-64-73)94-34-13-18-57-101-94)79-62-76(86-26-7-3-22-82(86)67-39-47-71(48-40-67)92-32-11-16-55-99-92)59-77(63-79)87-27-8-4-23-83(87)68-41-49-72(50-42-68)93-33-12-17-56-100-93;;/h1-33,35-43,45,47,49,51,53-64H;;/q-6;2*+3. The zero-order chi connectivity index (χ0) is 68.0. The van der Waals surface area contributed by atoms with Crippen LogP contribution in [0.4, 0.5) is 0 Å². The summed E-state index contributed by atoms with van der Waals surface area (Å²) in [5.74, 6) is 0. The molecule has 490 valence electrons. The van der Waals surface area contributed by atoms with Crippen LogP contribution in [0.3, 0.4) is 0 Å². The van der Waals surface area contributed by atoms with Crippen LogP contribution >= 0.6 is 0 Å². The van der Waals surface area contributed by atoms with Gasteiger partial charge >= 0.3 is 40.2 Å². The van der Waals surface area contributed by atoms with E-state index in [-0.39, 0.29) is 40.2 Å². The van der Waals surface area contributed by atoms with Crippen molar-refractivity contribution in [2.24, 2.45) is 0 Å². The van der Waals surface area contributed by atoms with Crippen molar-refractivity contribution in [2.45, 2.75) is 0 Å². The largest absolute Gasteiger partial charge is 3.00 e. The maximum Gasteiger partial charge on any atom is 3.00 e. The fourth-order valence-electron chi connectivity index (χ4n) is 13.6. The molecule has 0 bridgehead atoms. The molecule has 0 unspecified atom stereocenters. The van der Waals surface area contributed by atoms with E-state index in [2.05, 4.69) is 292 Å². The molecule has 0 atom stereocenters. The Bertz CT molecular complexity index is 5200. The van der Waals surface area contributed by atoms with Crippen LogP contribution in [-0.2, 0) is 40.2 Å². The molecule has 0 aliphatic carbocycles. The van der Waals surface area contributed by atoms with Gasteiger partial charge in [0.25, 0.3) is 0 Å². The Hall–Kier alpha value is -12.4. The monoisotopic (exact) mass is 1680 g/mol. The van der Waals surface area contributed by atoms with Gasteiger partial charge < -0.3 is 29.9 Å². The quantitative estimate of drug-likeness (QED) is 0.0897. The van der Waals surface area contributed by atoms with Crippen molar-refractivity contribution in [3.63, 3.8) is 0 Å². The first kappa shape index (κ1) is 67.4. The van der Waals surface area contributed by atoms with Crippen LogP contribution in [0.25, 0.3) is 179 Å². The third kappa shape index (κ3) is 14.1. The molecule has 0 saturated carbocycles. The van der Waals surface area contributed by atoms with Crippen LogP contribution in [0.15, 0.2) is 353 Å². The predicted octanol–water partition coefficient (Wildman–Crippen LogP) is 23.5. The zero-order valence-corrected chi connectivity index (χ0v) is 60.6. The average molecular weight is 1680 g/mol. The topological polar surface area (TPSA) is 77.3 Å². The van der Waals surface area contributed by atoms with Gasteiger partial charge in [0.1, 0.15) is 0 Å². The van der Waals surface area contributed by atoms with Crippen molar-refractivity contribution < 1.29 is 40.2 Å². The van der Waals surface area contributed by atoms with Crippen LogP contribution < -0.4 is 0 Å². The molecule has 0 N–H and O–H groups in total. The summed E-state index contributed by atoms with van der Waals surface area (Å²) < 4.78 is 0. The van der Waals surface area contributed by atoms with Crippen LogP contribution in [0.2, 0.25) is 0 Å². The molecule has 17 aromatic rings. The predicted molar refractivity (Wildman–Crippen MR) is 413 cm³/mol.